The highest BCUT2D eigenvalue weighted by Gasteiger charge is 2.62. The largest absolute Gasteiger partial charge is 0.495 e. The maximum Gasteiger partial charge on any atom is 0.432 e. The number of halogens is 3. The average molecular weight is 398 g/mol. The van der Waals surface area contributed by atoms with Crippen LogP contribution in [-0.2, 0) is 15.1 Å². The molecular weight excluding hydrogens is 381 g/mol. The second-order valence-electron chi connectivity index (χ2n) is 5.56. The number of para-hydroxylation sites is 1. The highest BCUT2D eigenvalue weighted by atomic mass is 19.4. The zero-order chi connectivity index (χ0) is 20.9. The minimum atomic E-state index is -5.34. The molecule has 0 aliphatic heterocycles. The van der Waals surface area contributed by atoms with Crippen LogP contribution in [0.25, 0.3) is 0 Å². The Morgan fingerprint density at radius 3 is 2.18 bits per heavy atom. The van der Waals surface area contributed by atoms with Crippen molar-refractivity contribution in [1.82, 2.24) is 0 Å². The third kappa shape index (κ3) is 4.17. The van der Waals surface area contributed by atoms with Crippen LogP contribution in [0.3, 0.4) is 0 Å². The fraction of sp³-hybridized carbons (Fsp3) is 0.222. The first-order valence-electron chi connectivity index (χ1n) is 7.82. The van der Waals surface area contributed by atoms with Crippen molar-refractivity contribution in [3.8, 4) is 5.75 Å². The summed E-state index contributed by atoms with van der Waals surface area (Å²) in [6.45, 7) is 0. The number of methoxy groups -OCH3 is 2. The van der Waals surface area contributed by atoms with Crippen molar-refractivity contribution >= 4 is 23.4 Å². The minimum Gasteiger partial charge on any atom is -0.495 e. The van der Waals surface area contributed by atoms with Crippen molar-refractivity contribution in [2.24, 2.45) is 0 Å². The molecule has 0 spiro atoms. The van der Waals surface area contributed by atoms with E-state index in [1.165, 1.54) is 0 Å². The van der Waals surface area contributed by atoms with E-state index in [1.807, 2.05) is 0 Å². The molecular formula is C18H17F3N2O5. The predicted molar refractivity (Wildman–Crippen MR) is 94.0 cm³/mol. The van der Waals surface area contributed by atoms with Crippen molar-refractivity contribution in [3.63, 3.8) is 0 Å². The lowest BCUT2D eigenvalue weighted by Crippen LogP contribution is -2.49. The third-order valence-corrected chi connectivity index (χ3v) is 3.79. The van der Waals surface area contributed by atoms with Crippen molar-refractivity contribution in [1.29, 1.82) is 0 Å². The van der Waals surface area contributed by atoms with Gasteiger partial charge in [-0.05, 0) is 24.3 Å². The highest BCUT2D eigenvalue weighted by Crippen LogP contribution is 2.42. The molecule has 0 bridgehead atoms. The molecule has 3 N–H and O–H groups in total. The average Bonchev–Trinajstić information content (AvgIpc) is 2.66. The second kappa shape index (κ2) is 8.17. The standard InChI is InChI=1S/C18H17F3N2O5/c1-27-14-10-11(17(26,15(24)28-2)18(19,20)21)8-9-13(14)23-16(25)22-12-6-4-3-5-7-12/h3-10,26H,1-2H3,(H2,22,23,25). The normalized spacial score (nSPS) is 13.2. The van der Waals surface area contributed by atoms with E-state index in [1.54, 1.807) is 30.3 Å². The first-order chi connectivity index (χ1) is 13.1. The number of carbonyl (C=O) groups is 2. The fourth-order valence-corrected chi connectivity index (χ4v) is 2.37. The Labute approximate surface area is 158 Å². The number of hydrogen-bond donors (Lipinski definition) is 3. The van der Waals surface area contributed by atoms with E-state index in [2.05, 4.69) is 15.4 Å². The Balaban J connectivity index is 2.33. The molecule has 0 aliphatic carbocycles. The number of aliphatic hydroxyl groups is 1. The molecule has 1 atom stereocenters. The summed E-state index contributed by atoms with van der Waals surface area (Å²) in [7, 11) is 1.88. The lowest BCUT2D eigenvalue weighted by molar-refractivity contribution is -0.266. The molecule has 1 unspecified atom stereocenters. The number of alkyl halides is 3. The van der Waals surface area contributed by atoms with Gasteiger partial charge in [0.05, 0.1) is 19.9 Å². The summed E-state index contributed by atoms with van der Waals surface area (Å²) in [5.41, 5.74) is -4.20. The number of amides is 2. The van der Waals surface area contributed by atoms with E-state index < -0.39 is 29.3 Å². The Bertz CT molecular complexity index is 858. The van der Waals surface area contributed by atoms with Crippen LogP contribution in [0.2, 0.25) is 0 Å². The maximum absolute atomic E-state index is 13.3. The number of nitrogens with one attached hydrogen (secondary N) is 2. The molecule has 0 aliphatic rings. The van der Waals surface area contributed by atoms with Crippen molar-refractivity contribution < 1.29 is 37.3 Å². The Morgan fingerprint density at radius 1 is 1.00 bits per heavy atom. The molecule has 2 aromatic carbocycles. The smallest absolute Gasteiger partial charge is 0.432 e. The number of carbonyl (C=O) groups excluding carboxylic acids is 2. The van der Waals surface area contributed by atoms with Crippen LogP contribution in [0.5, 0.6) is 5.75 Å². The number of anilines is 2. The van der Waals surface area contributed by atoms with Gasteiger partial charge < -0.3 is 25.2 Å². The van der Waals surface area contributed by atoms with Crippen LogP contribution in [0.4, 0.5) is 29.3 Å². The van der Waals surface area contributed by atoms with Gasteiger partial charge in [-0.15, -0.1) is 0 Å². The van der Waals surface area contributed by atoms with Crippen LogP contribution < -0.4 is 15.4 Å². The van der Waals surface area contributed by atoms with Crippen molar-refractivity contribution in [3.05, 3.63) is 54.1 Å². The molecule has 0 radical (unpaired) electrons. The van der Waals surface area contributed by atoms with Crippen LogP contribution in [0.1, 0.15) is 5.56 Å². The van der Waals surface area contributed by atoms with Gasteiger partial charge in [0, 0.05) is 11.3 Å². The van der Waals surface area contributed by atoms with Crippen LogP contribution >= 0.6 is 0 Å². The summed E-state index contributed by atoms with van der Waals surface area (Å²) >= 11 is 0. The monoisotopic (exact) mass is 398 g/mol. The summed E-state index contributed by atoms with van der Waals surface area (Å²) in [4.78, 5) is 23.7. The number of esters is 1. The lowest BCUT2D eigenvalue weighted by atomic mass is 9.92. The molecule has 150 valence electrons. The van der Waals surface area contributed by atoms with E-state index in [0.29, 0.717) is 5.69 Å². The summed E-state index contributed by atoms with van der Waals surface area (Å²) in [5, 5.41) is 15.0. The van der Waals surface area contributed by atoms with Crippen molar-refractivity contribution in [2.45, 2.75) is 11.8 Å². The first kappa shape index (κ1) is 21.0. The van der Waals surface area contributed by atoms with Gasteiger partial charge >= 0.3 is 18.2 Å². The van der Waals surface area contributed by atoms with Crippen LogP contribution in [0, 0.1) is 0 Å². The van der Waals surface area contributed by atoms with Gasteiger partial charge in [-0.1, -0.05) is 24.3 Å². The summed E-state index contributed by atoms with van der Waals surface area (Å²) in [6.07, 6.45) is -5.34. The predicted octanol–water partition coefficient (Wildman–Crippen LogP) is 3.26. The summed E-state index contributed by atoms with van der Waals surface area (Å²) in [5.74, 6) is -2.10. The van der Waals surface area contributed by atoms with Crippen LogP contribution in [-0.4, -0.2) is 37.5 Å². The van der Waals surface area contributed by atoms with Gasteiger partial charge in [0.1, 0.15) is 5.75 Å². The molecule has 10 heteroatoms. The van der Waals surface area contributed by atoms with Crippen molar-refractivity contribution in [2.75, 3.05) is 24.9 Å². The van der Waals surface area contributed by atoms with Gasteiger partial charge in [-0.25, -0.2) is 9.59 Å². The minimum absolute atomic E-state index is 0.0223. The number of rotatable bonds is 5. The van der Waals surface area contributed by atoms with Gasteiger partial charge in [-0.3, -0.25) is 0 Å². The molecule has 0 fully saturated rings. The Kier molecular flexibility index (Phi) is 6.14. The Morgan fingerprint density at radius 2 is 1.64 bits per heavy atom. The SMILES string of the molecule is COC(=O)C(O)(c1ccc(NC(=O)Nc2ccccc2)c(OC)c1)C(F)(F)F. The summed E-state index contributed by atoms with van der Waals surface area (Å²) in [6, 6.07) is 10.5. The first-order valence-corrected chi connectivity index (χ1v) is 7.82. The quantitative estimate of drug-likeness (QED) is 0.672. The topological polar surface area (TPSA) is 96.9 Å². The molecule has 0 heterocycles. The van der Waals surface area contributed by atoms with E-state index >= 15 is 0 Å². The van der Waals surface area contributed by atoms with E-state index in [9.17, 15) is 27.9 Å². The molecule has 2 aromatic rings. The van der Waals surface area contributed by atoms with Gasteiger partial charge in [-0.2, -0.15) is 13.2 Å². The van der Waals surface area contributed by atoms with Gasteiger partial charge in [0.15, 0.2) is 0 Å². The lowest BCUT2D eigenvalue weighted by Gasteiger charge is -2.28. The van der Waals surface area contributed by atoms with Gasteiger partial charge in [0.2, 0.25) is 0 Å². The number of ether oxygens (including phenoxy) is 2. The zero-order valence-corrected chi connectivity index (χ0v) is 14.8. The molecule has 2 rings (SSSR count). The molecule has 28 heavy (non-hydrogen) atoms. The molecule has 0 aromatic heterocycles. The second-order valence-corrected chi connectivity index (χ2v) is 5.56. The molecule has 7 nitrogen and oxygen atoms in total. The highest BCUT2D eigenvalue weighted by molar-refractivity contribution is 6.00. The van der Waals surface area contributed by atoms with Crippen LogP contribution in [0.15, 0.2) is 48.5 Å². The molecule has 0 saturated heterocycles. The Hall–Kier alpha value is -3.27. The molecule has 2 amide bonds. The number of hydrogen-bond acceptors (Lipinski definition) is 5. The molecule has 0 saturated carbocycles. The number of benzene rings is 2. The van der Waals surface area contributed by atoms with E-state index in [4.69, 9.17) is 4.74 Å². The van der Waals surface area contributed by atoms with E-state index in [-0.39, 0.29) is 11.4 Å². The third-order valence-electron chi connectivity index (χ3n) is 3.79. The maximum atomic E-state index is 13.3. The summed E-state index contributed by atoms with van der Waals surface area (Å²) < 4.78 is 49.1. The van der Waals surface area contributed by atoms with Gasteiger partial charge in [0.25, 0.3) is 5.60 Å². The zero-order valence-electron chi connectivity index (χ0n) is 14.8. The fourth-order valence-electron chi connectivity index (χ4n) is 2.37. The number of urea groups is 1. The van der Waals surface area contributed by atoms with E-state index in [0.717, 1.165) is 32.4 Å².